The summed E-state index contributed by atoms with van der Waals surface area (Å²) < 4.78 is 26.6. The van der Waals surface area contributed by atoms with Crippen LogP contribution in [-0.4, -0.2) is 74.7 Å². The van der Waals surface area contributed by atoms with Crippen molar-refractivity contribution in [3.8, 4) is 0 Å². The Morgan fingerprint density at radius 3 is 2.58 bits per heavy atom. The Bertz CT molecular complexity index is 1110. The lowest BCUT2D eigenvalue weighted by atomic mass is 9.96. The number of anilines is 2. The monoisotopic (exact) mass is 491 g/mol. The fraction of sp³-hybridized carbons (Fsp3) is 0.500. The van der Waals surface area contributed by atoms with E-state index in [9.17, 15) is 18.0 Å². The highest BCUT2D eigenvalue weighted by molar-refractivity contribution is 7.89. The van der Waals surface area contributed by atoms with E-state index in [1.165, 1.54) is 31.5 Å². The maximum absolute atomic E-state index is 13.7. The van der Waals surface area contributed by atoms with Crippen molar-refractivity contribution in [3.05, 3.63) is 35.3 Å². The third-order valence-corrected chi connectivity index (χ3v) is 8.67. The second-order valence-corrected chi connectivity index (χ2v) is 11.6. The summed E-state index contributed by atoms with van der Waals surface area (Å²) in [6.45, 7) is 2.49. The van der Waals surface area contributed by atoms with E-state index in [2.05, 4.69) is 15.2 Å². The van der Waals surface area contributed by atoms with Crippen LogP contribution in [-0.2, 0) is 14.8 Å². The van der Waals surface area contributed by atoms with Crippen LogP contribution in [0.1, 0.15) is 36.0 Å². The first-order valence-electron chi connectivity index (χ1n) is 11.1. The van der Waals surface area contributed by atoms with E-state index in [4.69, 9.17) is 0 Å². The number of piperidine rings is 1. The third kappa shape index (κ3) is 5.04. The highest BCUT2D eigenvalue weighted by Crippen LogP contribution is 2.30. The molecule has 1 aromatic heterocycles. The zero-order chi connectivity index (χ0) is 23.6. The number of aromatic nitrogens is 1. The van der Waals surface area contributed by atoms with Gasteiger partial charge in [-0.25, -0.2) is 17.7 Å². The summed E-state index contributed by atoms with van der Waals surface area (Å²) in [5, 5.41) is 5.16. The van der Waals surface area contributed by atoms with Crippen LogP contribution in [0.25, 0.3) is 0 Å². The lowest BCUT2D eigenvalue weighted by Crippen LogP contribution is -2.44. The number of likely N-dealkylation sites (tertiary alicyclic amines) is 1. The minimum absolute atomic E-state index is 0.0915. The van der Waals surface area contributed by atoms with Crippen LogP contribution in [0.3, 0.4) is 0 Å². The lowest BCUT2D eigenvalue weighted by Gasteiger charge is -2.33. The van der Waals surface area contributed by atoms with Crippen LogP contribution >= 0.6 is 11.3 Å². The number of nitrogens with zero attached hydrogens (tertiary/aromatic N) is 4. The molecule has 0 radical (unpaired) electrons. The van der Waals surface area contributed by atoms with E-state index in [1.54, 1.807) is 28.6 Å². The van der Waals surface area contributed by atoms with Gasteiger partial charge in [-0.15, -0.1) is 11.3 Å². The Balaban J connectivity index is 1.60. The number of amides is 2. The van der Waals surface area contributed by atoms with Gasteiger partial charge in [-0.3, -0.25) is 9.59 Å². The molecule has 0 aliphatic carbocycles. The van der Waals surface area contributed by atoms with E-state index < -0.39 is 10.0 Å². The number of hydrogen-bond donors (Lipinski definition) is 1. The first-order valence-corrected chi connectivity index (χ1v) is 13.4. The highest BCUT2D eigenvalue weighted by atomic mass is 32.2. The molecule has 2 aliphatic heterocycles. The molecule has 11 heteroatoms. The molecule has 33 heavy (non-hydrogen) atoms. The van der Waals surface area contributed by atoms with Crippen LogP contribution in [0.5, 0.6) is 0 Å². The number of thiazole rings is 1. The topological polar surface area (TPSA) is 103 Å². The Morgan fingerprint density at radius 1 is 1.15 bits per heavy atom. The van der Waals surface area contributed by atoms with E-state index in [1.807, 2.05) is 0 Å². The fourth-order valence-corrected chi connectivity index (χ4v) is 5.79. The van der Waals surface area contributed by atoms with E-state index >= 15 is 0 Å². The summed E-state index contributed by atoms with van der Waals surface area (Å²) in [4.78, 5) is 34.4. The summed E-state index contributed by atoms with van der Waals surface area (Å²) in [7, 11) is -0.736. The molecule has 0 saturated carbocycles. The van der Waals surface area contributed by atoms with Gasteiger partial charge in [-0.2, -0.15) is 0 Å². The van der Waals surface area contributed by atoms with Crippen molar-refractivity contribution < 1.29 is 18.0 Å². The van der Waals surface area contributed by atoms with Crippen LogP contribution in [0.4, 0.5) is 10.8 Å². The zero-order valence-electron chi connectivity index (χ0n) is 18.9. The predicted molar refractivity (Wildman–Crippen MR) is 128 cm³/mol. The van der Waals surface area contributed by atoms with Gasteiger partial charge >= 0.3 is 0 Å². The van der Waals surface area contributed by atoms with Crippen molar-refractivity contribution in [1.82, 2.24) is 14.2 Å². The Kier molecular flexibility index (Phi) is 7.01. The van der Waals surface area contributed by atoms with Gasteiger partial charge in [0.1, 0.15) is 0 Å². The number of benzene rings is 1. The Morgan fingerprint density at radius 2 is 1.91 bits per heavy atom. The number of sulfonamides is 1. The number of carbonyl (C=O) groups excluding carboxylic acids is 2. The Labute approximate surface area is 198 Å². The van der Waals surface area contributed by atoms with Crippen molar-refractivity contribution >= 4 is 44.0 Å². The molecule has 2 fully saturated rings. The standard InChI is InChI=1S/C22H29N5O4S2/c1-25(2)33(30,31)17-7-8-19(26-10-3-4-11-26)18(14-17)21(29)27-12-5-6-16(15-27)20(28)24-22-23-9-13-32-22/h7-9,13-14,16H,3-6,10-12,15H2,1-2H3,(H,23,24,28). The van der Waals surface area contributed by atoms with Crippen molar-refractivity contribution in [2.45, 2.75) is 30.6 Å². The summed E-state index contributed by atoms with van der Waals surface area (Å²) in [5.41, 5.74) is 1.13. The van der Waals surface area contributed by atoms with Crippen molar-refractivity contribution in [1.29, 1.82) is 0 Å². The second-order valence-electron chi connectivity index (χ2n) is 8.58. The number of nitrogens with one attached hydrogen (secondary N) is 1. The van der Waals surface area contributed by atoms with Crippen LogP contribution < -0.4 is 10.2 Å². The number of carbonyl (C=O) groups is 2. The van der Waals surface area contributed by atoms with E-state index in [0.29, 0.717) is 36.6 Å². The molecule has 2 aliphatic rings. The molecular weight excluding hydrogens is 462 g/mol. The van der Waals surface area contributed by atoms with Gasteiger partial charge < -0.3 is 15.1 Å². The Hall–Kier alpha value is -2.50. The molecule has 1 unspecified atom stereocenters. The van der Waals surface area contributed by atoms with Gasteiger partial charge in [0.15, 0.2) is 5.13 Å². The van der Waals surface area contributed by atoms with Crippen molar-refractivity contribution in [2.75, 3.05) is 50.5 Å². The first kappa shape index (κ1) is 23.7. The maximum Gasteiger partial charge on any atom is 0.256 e. The number of hydrogen-bond acceptors (Lipinski definition) is 7. The summed E-state index contributed by atoms with van der Waals surface area (Å²) in [6, 6.07) is 4.80. The number of rotatable bonds is 6. The second kappa shape index (κ2) is 9.78. The SMILES string of the molecule is CN(C)S(=O)(=O)c1ccc(N2CCCC2)c(C(=O)N2CCCC(C(=O)Nc3nccs3)C2)c1. The third-order valence-electron chi connectivity index (χ3n) is 6.17. The molecule has 1 aromatic carbocycles. The molecule has 2 saturated heterocycles. The molecule has 0 spiro atoms. The average molecular weight is 492 g/mol. The molecule has 2 aromatic rings. The molecule has 4 rings (SSSR count). The van der Waals surface area contributed by atoms with Gasteiger partial charge in [-0.05, 0) is 43.9 Å². The van der Waals surface area contributed by atoms with Crippen LogP contribution in [0.2, 0.25) is 0 Å². The summed E-state index contributed by atoms with van der Waals surface area (Å²) in [5.74, 6) is -0.721. The summed E-state index contributed by atoms with van der Waals surface area (Å²) >= 11 is 1.35. The van der Waals surface area contributed by atoms with Gasteiger partial charge in [0.05, 0.1) is 16.4 Å². The average Bonchev–Trinajstić information content (AvgIpc) is 3.52. The normalized spacial score (nSPS) is 19.2. The van der Waals surface area contributed by atoms with Gasteiger partial charge in [0, 0.05) is 57.5 Å². The van der Waals surface area contributed by atoms with Crippen LogP contribution in [0, 0.1) is 5.92 Å². The van der Waals surface area contributed by atoms with Gasteiger partial charge in [0.25, 0.3) is 5.91 Å². The molecule has 9 nitrogen and oxygen atoms in total. The van der Waals surface area contributed by atoms with E-state index in [-0.39, 0.29) is 22.6 Å². The minimum Gasteiger partial charge on any atom is -0.371 e. The molecule has 3 heterocycles. The predicted octanol–water partition coefficient (Wildman–Crippen LogP) is 2.48. The molecule has 1 N–H and O–H groups in total. The zero-order valence-corrected chi connectivity index (χ0v) is 20.5. The molecule has 1 atom stereocenters. The van der Waals surface area contributed by atoms with Crippen molar-refractivity contribution in [3.63, 3.8) is 0 Å². The highest BCUT2D eigenvalue weighted by Gasteiger charge is 2.32. The minimum atomic E-state index is -3.68. The molecule has 2 amide bonds. The largest absolute Gasteiger partial charge is 0.371 e. The van der Waals surface area contributed by atoms with Gasteiger partial charge in [-0.1, -0.05) is 0 Å². The van der Waals surface area contributed by atoms with Gasteiger partial charge in [0.2, 0.25) is 15.9 Å². The van der Waals surface area contributed by atoms with Crippen LogP contribution in [0.15, 0.2) is 34.7 Å². The van der Waals surface area contributed by atoms with E-state index in [0.717, 1.165) is 35.9 Å². The summed E-state index contributed by atoms with van der Waals surface area (Å²) in [6.07, 6.45) is 5.10. The molecule has 0 bridgehead atoms. The van der Waals surface area contributed by atoms with Crippen molar-refractivity contribution in [2.24, 2.45) is 5.92 Å². The molecule has 178 valence electrons. The quantitative estimate of drug-likeness (QED) is 0.666. The maximum atomic E-state index is 13.7. The first-order chi connectivity index (χ1) is 15.8. The fourth-order valence-electron chi connectivity index (χ4n) is 4.33. The molecular formula is C22H29N5O4S2. The lowest BCUT2D eigenvalue weighted by molar-refractivity contribution is -0.121. The smallest absolute Gasteiger partial charge is 0.256 e.